The van der Waals surface area contributed by atoms with Gasteiger partial charge in [-0.3, -0.25) is 0 Å². The molecule has 2 aliphatic heterocycles. The molecule has 0 saturated carbocycles. The van der Waals surface area contributed by atoms with E-state index in [0.717, 1.165) is 0 Å². The molecular formula is C28H22N+. The first-order valence-corrected chi connectivity index (χ1v) is 10.3. The van der Waals surface area contributed by atoms with Crippen LogP contribution < -0.4 is 4.57 Å². The van der Waals surface area contributed by atoms with E-state index >= 15 is 0 Å². The summed E-state index contributed by atoms with van der Waals surface area (Å²) in [5.41, 5.74) is 9.46. The number of aromatic nitrogens is 1. The molecule has 4 aromatic rings. The minimum absolute atomic E-state index is 0.182. The molecule has 2 bridgehead atoms. The molecule has 29 heavy (non-hydrogen) atoms. The number of hydrogen-bond donors (Lipinski definition) is 0. The highest BCUT2D eigenvalue weighted by Gasteiger charge is 2.56. The molecule has 7 rings (SSSR count). The van der Waals surface area contributed by atoms with Gasteiger partial charge in [0.25, 0.3) is 0 Å². The summed E-state index contributed by atoms with van der Waals surface area (Å²) in [6, 6.07) is 37.7. The first kappa shape index (κ1) is 16.5. The summed E-state index contributed by atoms with van der Waals surface area (Å²) >= 11 is 0. The van der Waals surface area contributed by atoms with Crippen LogP contribution in [0.15, 0.2) is 109 Å². The molecule has 0 spiro atoms. The van der Waals surface area contributed by atoms with E-state index < -0.39 is 0 Å². The fraction of sp³-hybridized carbons (Fsp3) is 0.107. The predicted molar refractivity (Wildman–Crippen MR) is 117 cm³/mol. The third kappa shape index (κ3) is 2.13. The SMILES string of the molecule is CC12C(c3ccccc3)=C(c3ccccc3)C(c3ccccc31)[n+]1ccccc12. The highest BCUT2D eigenvalue weighted by Crippen LogP contribution is 2.58. The van der Waals surface area contributed by atoms with Crippen LogP contribution in [0, 0.1) is 0 Å². The molecule has 3 aliphatic rings. The lowest BCUT2D eigenvalue weighted by Crippen LogP contribution is -2.58. The molecule has 2 atom stereocenters. The van der Waals surface area contributed by atoms with E-state index in [1.807, 2.05) is 0 Å². The summed E-state index contributed by atoms with van der Waals surface area (Å²) in [4.78, 5) is 0. The Morgan fingerprint density at radius 3 is 2.03 bits per heavy atom. The van der Waals surface area contributed by atoms with Crippen molar-refractivity contribution < 1.29 is 4.57 Å². The van der Waals surface area contributed by atoms with Gasteiger partial charge in [0, 0.05) is 23.3 Å². The average molecular weight is 372 g/mol. The van der Waals surface area contributed by atoms with E-state index in [1.54, 1.807) is 0 Å². The molecule has 1 aromatic heterocycles. The highest BCUT2D eigenvalue weighted by atomic mass is 15.0. The van der Waals surface area contributed by atoms with Crippen LogP contribution in [0.4, 0.5) is 0 Å². The zero-order chi connectivity index (χ0) is 19.4. The van der Waals surface area contributed by atoms with Crippen LogP contribution >= 0.6 is 0 Å². The molecule has 1 nitrogen and oxygen atoms in total. The zero-order valence-corrected chi connectivity index (χ0v) is 16.4. The van der Waals surface area contributed by atoms with Gasteiger partial charge in [0.2, 0.25) is 6.04 Å². The van der Waals surface area contributed by atoms with Gasteiger partial charge in [0.05, 0.1) is 0 Å². The third-order valence-electron chi connectivity index (χ3n) is 6.66. The zero-order valence-electron chi connectivity index (χ0n) is 16.4. The summed E-state index contributed by atoms with van der Waals surface area (Å²) in [5, 5.41) is 0. The summed E-state index contributed by atoms with van der Waals surface area (Å²) in [5.74, 6) is 0. The molecule has 0 fully saturated rings. The summed E-state index contributed by atoms with van der Waals surface area (Å²) < 4.78 is 2.48. The number of pyridine rings is 1. The molecule has 0 N–H and O–H groups in total. The van der Waals surface area contributed by atoms with Crippen LogP contribution in [0.5, 0.6) is 0 Å². The molecular weight excluding hydrogens is 350 g/mol. The van der Waals surface area contributed by atoms with Crippen LogP contribution in [0.25, 0.3) is 11.1 Å². The Balaban J connectivity index is 1.80. The van der Waals surface area contributed by atoms with Crippen LogP contribution in [-0.2, 0) is 5.41 Å². The van der Waals surface area contributed by atoms with Gasteiger partial charge in [-0.2, -0.15) is 4.57 Å². The fourth-order valence-corrected chi connectivity index (χ4v) is 5.52. The molecule has 138 valence electrons. The van der Waals surface area contributed by atoms with Crippen molar-refractivity contribution in [2.24, 2.45) is 0 Å². The van der Waals surface area contributed by atoms with E-state index in [2.05, 4.69) is 121 Å². The number of rotatable bonds is 2. The lowest BCUT2D eigenvalue weighted by atomic mass is 9.58. The fourth-order valence-electron chi connectivity index (χ4n) is 5.52. The van der Waals surface area contributed by atoms with Crippen molar-refractivity contribution in [3.8, 4) is 0 Å². The van der Waals surface area contributed by atoms with Gasteiger partial charge in [-0.1, -0.05) is 91.0 Å². The second-order valence-electron chi connectivity index (χ2n) is 8.13. The molecule has 2 unspecified atom stereocenters. The molecule has 3 heterocycles. The lowest BCUT2D eigenvalue weighted by molar-refractivity contribution is -0.714. The Hall–Kier alpha value is -3.45. The number of hydrogen-bond acceptors (Lipinski definition) is 0. The Kier molecular flexibility index (Phi) is 3.43. The van der Waals surface area contributed by atoms with Crippen molar-refractivity contribution in [2.75, 3.05) is 0 Å². The normalized spacial score (nSPS) is 21.6. The summed E-state index contributed by atoms with van der Waals surface area (Å²) in [7, 11) is 0. The Labute approximate surface area is 171 Å². The maximum Gasteiger partial charge on any atom is 0.210 e. The van der Waals surface area contributed by atoms with E-state index in [-0.39, 0.29) is 11.5 Å². The smallest absolute Gasteiger partial charge is 0.190 e. The Morgan fingerprint density at radius 1 is 0.655 bits per heavy atom. The van der Waals surface area contributed by atoms with Crippen LogP contribution in [0.2, 0.25) is 0 Å². The second kappa shape index (κ2) is 6.02. The number of benzene rings is 3. The van der Waals surface area contributed by atoms with Crippen molar-refractivity contribution in [3.63, 3.8) is 0 Å². The topological polar surface area (TPSA) is 3.88 Å². The molecule has 0 amide bonds. The van der Waals surface area contributed by atoms with Gasteiger partial charge in [-0.25, -0.2) is 0 Å². The summed E-state index contributed by atoms with van der Waals surface area (Å²) in [6.45, 7) is 2.40. The Morgan fingerprint density at radius 2 is 1.28 bits per heavy atom. The van der Waals surface area contributed by atoms with Crippen molar-refractivity contribution in [2.45, 2.75) is 18.4 Å². The van der Waals surface area contributed by atoms with Crippen LogP contribution in [0.3, 0.4) is 0 Å². The van der Waals surface area contributed by atoms with Gasteiger partial charge in [0.15, 0.2) is 11.9 Å². The van der Waals surface area contributed by atoms with E-state index in [9.17, 15) is 0 Å². The van der Waals surface area contributed by atoms with Crippen molar-refractivity contribution in [3.05, 3.63) is 137 Å². The maximum atomic E-state index is 2.48. The number of allylic oxidation sites excluding steroid dienone is 2. The maximum absolute atomic E-state index is 2.48. The lowest BCUT2D eigenvalue weighted by Gasteiger charge is -2.45. The van der Waals surface area contributed by atoms with Crippen molar-refractivity contribution in [1.82, 2.24) is 0 Å². The molecule has 0 radical (unpaired) electrons. The quantitative estimate of drug-likeness (QED) is 0.391. The van der Waals surface area contributed by atoms with E-state index in [1.165, 1.54) is 39.1 Å². The van der Waals surface area contributed by atoms with E-state index in [0.29, 0.717) is 0 Å². The molecule has 1 aliphatic carbocycles. The average Bonchev–Trinajstić information content (AvgIpc) is 2.80. The molecule has 0 saturated heterocycles. The largest absolute Gasteiger partial charge is 0.210 e. The minimum atomic E-state index is -0.209. The van der Waals surface area contributed by atoms with E-state index in [4.69, 9.17) is 0 Å². The monoisotopic (exact) mass is 372 g/mol. The van der Waals surface area contributed by atoms with Gasteiger partial charge in [0.1, 0.15) is 5.41 Å². The third-order valence-corrected chi connectivity index (χ3v) is 6.66. The van der Waals surface area contributed by atoms with Crippen LogP contribution in [-0.4, -0.2) is 0 Å². The molecule has 1 heteroatoms. The highest BCUT2D eigenvalue weighted by molar-refractivity contribution is 6.01. The number of nitrogens with zero attached hydrogens (tertiary/aromatic N) is 1. The van der Waals surface area contributed by atoms with Gasteiger partial charge in [-0.15, -0.1) is 0 Å². The first-order valence-electron chi connectivity index (χ1n) is 10.3. The van der Waals surface area contributed by atoms with Crippen molar-refractivity contribution in [1.29, 1.82) is 0 Å². The minimum Gasteiger partial charge on any atom is -0.190 e. The van der Waals surface area contributed by atoms with Crippen molar-refractivity contribution >= 4 is 11.1 Å². The standard InChI is InChI=1S/C28H22N/c1-28-23-17-9-8-16-22(23)27(29-19-11-10-18-24(28)29)25(20-12-4-2-5-13-20)26(28)21-14-6-3-7-15-21/h2-19,27H,1H3/q+1. The van der Waals surface area contributed by atoms with Crippen LogP contribution in [0.1, 0.15) is 40.9 Å². The van der Waals surface area contributed by atoms with Gasteiger partial charge in [-0.05, 0) is 29.2 Å². The Bertz CT molecular complexity index is 1200. The van der Waals surface area contributed by atoms with Gasteiger partial charge < -0.3 is 0 Å². The van der Waals surface area contributed by atoms with Gasteiger partial charge >= 0.3 is 0 Å². The molecule has 3 aromatic carbocycles. The summed E-state index contributed by atoms with van der Waals surface area (Å²) in [6.07, 6.45) is 2.25. The predicted octanol–water partition coefficient (Wildman–Crippen LogP) is 5.81. The first-order chi connectivity index (χ1) is 14.3. The second-order valence-corrected chi connectivity index (χ2v) is 8.13.